The Bertz CT molecular complexity index is 514. The van der Waals surface area contributed by atoms with Gasteiger partial charge in [0.1, 0.15) is 5.76 Å². The van der Waals surface area contributed by atoms with Crippen LogP contribution in [0.4, 0.5) is 0 Å². The van der Waals surface area contributed by atoms with E-state index in [0.717, 1.165) is 30.6 Å². The quantitative estimate of drug-likeness (QED) is 0.505. The highest BCUT2D eigenvalue weighted by Crippen LogP contribution is 2.54. The molecule has 1 aliphatic carbocycles. The van der Waals surface area contributed by atoms with Crippen molar-refractivity contribution in [2.45, 2.75) is 60.3 Å². The van der Waals surface area contributed by atoms with Crippen LogP contribution in [0.1, 0.15) is 60.3 Å². The van der Waals surface area contributed by atoms with Crippen molar-refractivity contribution in [3.8, 4) is 0 Å². The van der Waals surface area contributed by atoms with Crippen molar-refractivity contribution in [1.82, 2.24) is 0 Å². The van der Waals surface area contributed by atoms with Gasteiger partial charge >= 0.3 is 0 Å². The van der Waals surface area contributed by atoms with Crippen LogP contribution in [-0.2, 0) is 9.53 Å². The van der Waals surface area contributed by atoms with E-state index in [4.69, 9.17) is 16.3 Å². The summed E-state index contributed by atoms with van der Waals surface area (Å²) in [5.74, 6) is 1.34. The van der Waals surface area contributed by atoms with Crippen LogP contribution in [0.2, 0.25) is 0 Å². The van der Waals surface area contributed by atoms with Gasteiger partial charge in [-0.05, 0) is 37.5 Å². The Balaban J connectivity index is 3.15. The molecule has 130 valence electrons. The number of rotatable bonds is 8. The van der Waals surface area contributed by atoms with Gasteiger partial charge in [-0.1, -0.05) is 51.4 Å². The smallest absolute Gasteiger partial charge is 0.166 e. The summed E-state index contributed by atoms with van der Waals surface area (Å²) in [5, 5.41) is 0.535. The molecule has 0 aromatic heterocycles. The molecule has 1 atom stereocenters. The second-order valence-corrected chi connectivity index (χ2v) is 8.51. The molecular formula is C20H31ClO2. The molecule has 2 nitrogen and oxygen atoms in total. The van der Waals surface area contributed by atoms with Gasteiger partial charge in [-0.15, -0.1) is 6.58 Å². The van der Waals surface area contributed by atoms with E-state index in [1.54, 1.807) is 6.08 Å². The van der Waals surface area contributed by atoms with E-state index in [0.29, 0.717) is 24.0 Å². The number of hydrogen-bond acceptors (Lipinski definition) is 2. The molecule has 1 aliphatic rings. The summed E-state index contributed by atoms with van der Waals surface area (Å²) in [6.07, 6.45) is 4.49. The summed E-state index contributed by atoms with van der Waals surface area (Å²) in [7, 11) is 0. The van der Waals surface area contributed by atoms with Crippen LogP contribution in [0.15, 0.2) is 35.6 Å². The largest absolute Gasteiger partial charge is 0.498 e. The molecule has 0 N–H and O–H groups in total. The molecule has 0 fully saturated rings. The van der Waals surface area contributed by atoms with Gasteiger partial charge in [0, 0.05) is 22.9 Å². The molecule has 0 heterocycles. The predicted molar refractivity (Wildman–Crippen MR) is 98.4 cm³/mol. The third kappa shape index (κ3) is 4.97. The standard InChI is InChI=1S/C20H31ClO2/c1-14(2)8-9-20(11-16(5)21)18(22)10-17(12-19(20,6)7)23-13-15(3)4/h10,15H,1,5,8-9,11-13H2,2-4,6-7H3/t20-/m1/s1. The lowest BCUT2D eigenvalue weighted by Crippen LogP contribution is -2.47. The monoisotopic (exact) mass is 338 g/mol. The zero-order valence-electron chi connectivity index (χ0n) is 15.3. The number of carbonyl (C=O) groups excluding carboxylic acids is 1. The topological polar surface area (TPSA) is 26.3 Å². The summed E-state index contributed by atoms with van der Waals surface area (Å²) in [5.41, 5.74) is 0.312. The Hall–Kier alpha value is -1.02. The highest BCUT2D eigenvalue weighted by atomic mass is 35.5. The zero-order chi connectivity index (χ0) is 17.8. The molecule has 23 heavy (non-hydrogen) atoms. The molecule has 0 unspecified atom stereocenters. The highest BCUT2D eigenvalue weighted by molar-refractivity contribution is 6.29. The van der Waals surface area contributed by atoms with Crippen molar-refractivity contribution < 1.29 is 9.53 Å². The number of ether oxygens (including phenoxy) is 1. The third-order valence-electron chi connectivity index (χ3n) is 4.75. The summed E-state index contributed by atoms with van der Waals surface area (Å²) in [6.45, 7) is 18.9. The van der Waals surface area contributed by atoms with Crippen LogP contribution in [0.25, 0.3) is 0 Å². The molecule has 1 rings (SSSR count). The number of halogens is 1. The van der Waals surface area contributed by atoms with Gasteiger partial charge in [-0.25, -0.2) is 0 Å². The van der Waals surface area contributed by atoms with Crippen molar-refractivity contribution in [2.24, 2.45) is 16.7 Å². The van der Waals surface area contributed by atoms with Crippen LogP contribution in [0.3, 0.4) is 0 Å². The molecule has 0 saturated carbocycles. The highest BCUT2D eigenvalue weighted by Gasteiger charge is 2.52. The van der Waals surface area contributed by atoms with Crippen molar-refractivity contribution in [1.29, 1.82) is 0 Å². The fourth-order valence-electron chi connectivity index (χ4n) is 3.27. The van der Waals surface area contributed by atoms with E-state index in [-0.39, 0.29) is 11.2 Å². The molecule has 0 aromatic carbocycles. The molecule has 0 aromatic rings. The second kappa shape index (κ2) is 7.70. The Morgan fingerprint density at radius 3 is 2.43 bits per heavy atom. The number of carbonyl (C=O) groups is 1. The van der Waals surface area contributed by atoms with Crippen molar-refractivity contribution in [2.75, 3.05) is 6.61 Å². The molecule has 0 spiro atoms. The lowest BCUT2D eigenvalue weighted by molar-refractivity contribution is -0.134. The van der Waals surface area contributed by atoms with Crippen LogP contribution >= 0.6 is 11.6 Å². The van der Waals surface area contributed by atoms with Gasteiger partial charge in [0.25, 0.3) is 0 Å². The maximum atomic E-state index is 13.0. The molecule has 0 aliphatic heterocycles. The average Bonchev–Trinajstić information content (AvgIpc) is 2.38. The number of ketones is 1. The van der Waals surface area contributed by atoms with E-state index in [9.17, 15) is 4.79 Å². The van der Waals surface area contributed by atoms with Gasteiger partial charge in [-0.3, -0.25) is 4.79 Å². The van der Waals surface area contributed by atoms with Crippen LogP contribution in [0.5, 0.6) is 0 Å². The minimum atomic E-state index is -0.532. The minimum Gasteiger partial charge on any atom is -0.498 e. The normalized spacial score (nSPS) is 23.6. The summed E-state index contributed by atoms with van der Waals surface area (Å²) < 4.78 is 5.84. The van der Waals surface area contributed by atoms with E-state index >= 15 is 0 Å². The maximum absolute atomic E-state index is 13.0. The second-order valence-electron chi connectivity index (χ2n) is 7.97. The third-order valence-corrected chi connectivity index (χ3v) is 4.88. The van der Waals surface area contributed by atoms with Crippen LogP contribution in [-0.4, -0.2) is 12.4 Å². The van der Waals surface area contributed by atoms with Gasteiger partial charge in [0.05, 0.1) is 6.61 Å². The Morgan fingerprint density at radius 2 is 2.00 bits per heavy atom. The Kier molecular flexibility index (Phi) is 6.70. The van der Waals surface area contributed by atoms with Gasteiger partial charge < -0.3 is 4.74 Å². The molecule has 3 heteroatoms. The van der Waals surface area contributed by atoms with Gasteiger partial charge in [0.2, 0.25) is 0 Å². The van der Waals surface area contributed by atoms with Crippen molar-refractivity contribution >= 4 is 17.4 Å². The summed E-state index contributed by atoms with van der Waals surface area (Å²) >= 11 is 6.13. The SMILES string of the molecule is C=C(C)CC[C@@]1(CC(=C)Cl)C(=O)C=C(OCC(C)C)CC1(C)C. The van der Waals surface area contributed by atoms with Crippen LogP contribution in [0, 0.1) is 16.7 Å². The Morgan fingerprint density at radius 1 is 1.39 bits per heavy atom. The van der Waals surface area contributed by atoms with Gasteiger partial charge in [0.15, 0.2) is 5.78 Å². The predicted octanol–water partition coefficient (Wildman–Crippen LogP) is 6.03. The fourth-order valence-corrected chi connectivity index (χ4v) is 3.50. The molecule has 0 saturated heterocycles. The van der Waals surface area contributed by atoms with Gasteiger partial charge in [-0.2, -0.15) is 0 Å². The van der Waals surface area contributed by atoms with Crippen molar-refractivity contribution in [3.05, 3.63) is 35.6 Å². The molecule has 0 radical (unpaired) electrons. The van der Waals surface area contributed by atoms with E-state index < -0.39 is 5.41 Å². The molecule has 0 bridgehead atoms. The lowest BCUT2D eigenvalue weighted by atomic mass is 9.55. The first-order valence-corrected chi connectivity index (χ1v) is 8.73. The fraction of sp³-hybridized carbons (Fsp3) is 0.650. The van der Waals surface area contributed by atoms with E-state index in [1.165, 1.54) is 0 Å². The summed E-state index contributed by atoms with van der Waals surface area (Å²) in [6, 6.07) is 0. The minimum absolute atomic E-state index is 0.107. The molecule has 0 amide bonds. The first kappa shape index (κ1) is 20.0. The first-order valence-electron chi connectivity index (χ1n) is 8.35. The number of hydrogen-bond donors (Lipinski definition) is 0. The van der Waals surface area contributed by atoms with E-state index in [2.05, 4.69) is 40.9 Å². The molecular weight excluding hydrogens is 308 g/mol. The summed E-state index contributed by atoms with van der Waals surface area (Å²) in [4.78, 5) is 13.0. The van der Waals surface area contributed by atoms with Crippen molar-refractivity contribution in [3.63, 3.8) is 0 Å². The first-order chi connectivity index (χ1) is 10.5. The lowest BCUT2D eigenvalue weighted by Gasteiger charge is -2.48. The van der Waals surface area contributed by atoms with Crippen LogP contribution < -0.4 is 0 Å². The zero-order valence-corrected chi connectivity index (χ0v) is 16.1. The maximum Gasteiger partial charge on any atom is 0.166 e. The number of allylic oxidation sites excluding steroid dienone is 4. The average molecular weight is 339 g/mol. The van der Waals surface area contributed by atoms with E-state index in [1.807, 2.05) is 6.92 Å². The Labute approximate surface area is 146 Å².